The summed E-state index contributed by atoms with van der Waals surface area (Å²) >= 11 is 3.38. The highest BCUT2D eigenvalue weighted by Gasteiger charge is 2.24. The van der Waals surface area contributed by atoms with Crippen LogP contribution in [0.2, 0.25) is 0 Å². The second-order valence-corrected chi connectivity index (χ2v) is 5.97. The average Bonchev–Trinajstić information content (AvgIpc) is 2.40. The highest BCUT2D eigenvalue weighted by Crippen LogP contribution is 2.26. The second kappa shape index (κ2) is 7.45. The number of aliphatic carboxylic acids is 1. The molecule has 1 amide bonds. The molecule has 0 spiro atoms. The number of carboxylic acid groups (broad SMARTS) is 1. The van der Waals surface area contributed by atoms with E-state index < -0.39 is 24.0 Å². The van der Waals surface area contributed by atoms with Crippen molar-refractivity contribution >= 4 is 27.8 Å². The molecule has 0 aromatic heterocycles. The molecule has 0 bridgehead atoms. The maximum absolute atomic E-state index is 12.0. The minimum atomic E-state index is -0.947. The van der Waals surface area contributed by atoms with Crippen LogP contribution < -0.4 is 10.1 Å². The Balaban J connectivity index is 2.64. The Hall–Kier alpha value is -1.56. The third kappa shape index (κ3) is 5.04. The number of hydrogen-bond acceptors (Lipinski definition) is 3. The van der Waals surface area contributed by atoms with Crippen LogP contribution in [0.5, 0.6) is 5.75 Å². The first kappa shape index (κ1) is 17.5. The van der Waals surface area contributed by atoms with E-state index in [2.05, 4.69) is 21.2 Å². The summed E-state index contributed by atoms with van der Waals surface area (Å²) < 4.78 is 6.37. The normalized spacial score (nSPS) is 14.9. The van der Waals surface area contributed by atoms with Gasteiger partial charge in [0.25, 0.3) is 5.91 Å². The zero-order chi connectivity index (χ0) is 16.2. The molecule has 0 saturated carbocycles. The van der Waals surface area contributed by atoms with Gasteiger partial charge >= 0.3 is 5.97 Å². The summed E-state index contributed by atoms with van der Waals surface area (Å²) in [6.07, 6.45) is -0.715. The van der Waals surface area contributed by atoms with Gasteiger partial charge in [0, 0.05) is 6.04 Å². The number of carbonyl (C=O) groups is 2. The van der Waals surface area contributed by atoms with Crippen molar-refractivity contribution in [3.63, 3.8) is 0 Å². The van der Waals surface area contributed by atoms with Crippen LogP contribution in [0.3, 0.4) is 0 Å². The minimum Gasteiger partial charge on any atom is -0.481 e. The quantitative estimate of drug-likeness (QED) is 0.820. The van der Waals surface area contributed by atoms with Crippen molar-refractivity contribution in [3.05, 3.63) is 28.2 Å². The summed E-state index contributed by atoms with van der Waals surface area (Å²) in [5, 5.41) is 11.6. The fourth-order valence-corrected chi connectivity index (χ4v) is 2.21. The van der Waals surface area contributed by atoms with Gasteiger partial charge in [0.2, 0.25) is 0 Å². The third-order valence-electron chi connectivity index (χ3n) is 3.27. The van der Waals surface area contributed by atoms with Crippen LogP contribution >= 0.6 is 15.9 Å². The van der Waals surface area contributed by atoms with Gasteiger partial charge in [-0.05, 0) is 61.3 Å². The summed E-state index contributed by atoms with van der Waals surface area (Å²) in [5.74, 6) is -1.38. The molecule has 3 unspecified atom stereocenters. The lowest BCUT2D eigenvalue weighted by atomic mass is 10.0. The molecule has 0 aliphatic carbocycles. The molecule has 1 rings (SSSR count). The van der Waals surface area contributed by atoms with E-state index in [0.29, 0.717) is 5.75 Å². The van der Waals surface area contributed by atoms with Gasteiger partial charge in [-0.1, -0.05) is 6.07 Å². The van der Waals surface area contributed by atoms with E-state index in [1.165, 1.54) is 0 Å². The highest BCUT2D eigenvalue weighted by molar-refractivity contribution is 9.10. The fourth-order valence-electron chi connectivity index (χ4n) is 1.63. The Morgan fingerprint density at radius 1 is 1.29 bits per heavy atom. The lowest BCUT2D eigenvalue weighted by Gasteiger charge is -2.21. The Labute approximate surface area is 132 Å². The van der Waals surface area contributed by atoms with E-state index in [-0.39, 0.29) is 5.91 Å². The van der Waals surface area contributed by atoms with Crippen molar-refractivity contribution in [1.82, 2.24) is 5.32 Å². The van der Waals surface area contributed by atoms with Crippen molar-refractivity contribution in [3.8, 4) is 5.75 Å². The number of amides is 1. The molecule has 0 saturated heterocycles. The topological polar surface area (TPSA) is 75.6 Å². The number of ether oxygens (including phenoxy) is 1. The first-order chi connectivity index (χ1) is 9.72. The van der Waals surface area contributed by atoms with Crippen LogP contribution in [0, 0.1) is 12.8 Å². The van der Waals surface area contributed by atoms with Crippen LogP contribution in [0.15, 0.2) is 22.7 Å². The van der Waals surface area contributed by atoms with Crippen LogP contribution in [-0.2, 0) is 9.59 Å². The van der Waals surface area contributed by atoms with Gasteiger partial charge < -0.3 is 15.2 Å². The summed E-state index contributed by atoms with van der Waals surface area (Å²) in [6, 6.07) is 5.10. The van der Waals surface area contributed by atoms with Crippen LogP contribution in [0.4, 0.5) is 0 Å². The van der Waals surface area contributed by atoms with Gasteiger partial charge in [0.15, 0.2) is 6.10 Å². The Kier molecular flexibility index (Phi) is 6.20. The molecule has 1 aromatic carbocycles. The number of halogens is 1. The number of aryl methyl sites for hydroxylation is 1. The fraction of sp³-hybridized carbons (Fsp3) is 0.467. The maximum atomic E-state index is 12.0. The molecule has 116 valence electrons. The van der Waals surface area contributed by atoms with Crippen LogP contribution in [-0.4, -0.2) is 29.1 Å². The molecule has 2 N–H and O–H groups in total. The maximum Gasteiger partial charge on any atom is 0.308 e. The van der Waals surface area contributed by atoms with E-state index in [1.54, 1.807) is 26.8 Å². The summed E-state index contributed by atoms with van der Waals surface area (Å²) in [5.41, 5.74) is 1.08. The molecule has 3 atom stereocenters. The van der Waals surface area contributed by atoms with E-state index in [4.69, 9.17) is 9.84 Å². The van der Waals surface area contributed by atoms with Crippen molar-refractivity contribution < 1.29 is 19.4 Å². The minimum absolute atomic E-state index is 0.344. The lowest BCUT2D eigenvalue weighted by Crippen LogP contribution is -2.45. The molecule has 21 heavy (non-hydrogen) atoms. The molecule has 6 heteroatoms. The van der Waals surface area contributed by atoms with Gasteiger partial charge in [-0.3, -0.25) is 9.59 Å². The van der Waals surface area contributed by atoms with Crippen molar-refractivity contribution in [1.29, 1.82) is 0 Å². The van der Waals surface area contributed by atoms with Gasteiger partial charge in [0.05, 0.1) is 10.4 Å². The lowest BCUT2D eigenvalue weighted by molar-refractivity contribution is -0.142. The summed E-state index contributed by atoms with van der Waals surface area (Å²) in [4.78, 5) is 22.9. The summed E-state index contributed by atoms with van der Waals surface area (Å²) in [6.45, 7) is 6.79. The monoisotopic (exact) mass is 357 g/mol. The number of nitrogens with one attached hydrogen (secondary N) is 1. The molecule has 5 nitrogen and oxygen atoms in total. The molecule has 0 aliphatic rings. The van der Waals surface area contributed by atoms with Crippen LogP contribution in [0.25, 0.3) is 0 Å². The smallest absolute Gasteiger partial charge is 0.308 e. The molecule has 0 fully saturated rings. The van der Waals surface area contributed by atoms with E-state index in [0.717, 1.165) is 10.0 Å². The molecule has 0 radical (unpaired) electrons. The predicted octanol–water partition coefficient (Wildman–Crippen LogP) is 2.75. The summed E-state index contributed by atoms with van der Waals surface area (Å²) in [7, 11) is 0. The molecule has 1 aromatic rings. The van der Waals surface area contributed by atoms with Gasteiger partial charge in [0.1, 0.15) is 5.75 Å². The van der Waals surface area contributed by atoms with Crippen LogP contribution in [0.1, 0.15) is 26.3 Å². The first-order valence-corrected chi connectivity index (χ1v) is 7.47. The number of carboxylic acids is 1. The Morgan fingerprint density at radius 3 is 2.43 bits per heavy atom. The SMILES string of the molecule is Cc1ccc(OC(C)C(=O)NC(C)C(C)C(=O)O)c(Br)c1. The number of hydrogen-bond donors (Lipinski definition) is 2. The number of benzene rings is 1. The standard InChI is InChI=1S/C15H20BrNO4/c1-8-5-6-13(12(16)7-8)21-11(4)14(18)17-10(3)9(2)15(19)20/h5-7,9-11H,1-4H3,(H,17,18)(H,19,20). The molecular weight excluding hydrogens is 338 g/mol. The highest BCUT2D eigenvalue weighted by atomic mass is 79.9. The van der Waals surface area contributed by atoms with Gasteiger partial charge in [-0.2, -0.15) is 0 Å². The largest absolute Gasteiger partial charge is 0.481 e. The van der Waals surface area contributed by atoms with Crippen molar-refractivity contribution in [2.45, 2.75) is 39.8 Å². The first-order valence-electron chi connectivity index (χ1n) is 6.68. The average molecular weight is 358 g/mol. The zero-order valence-corrected chi connectivity index (χ0v) is 14.1. The number of carbonyl (C=O) groups excluding carboxylic acids is 1. The molecular formula is C15H20BrNO4. The van der Waals surface area contributed by atoms with E-state index >= 15 is 0 Å². The van der Waals surface area contributed by atoms with E-state index in [1.807, 2.05) is 19.1 Å². The van der Waals surface area contributed by atoms with Crippen molar-refractivity contribution in [2.75, 3.05) is 0 Å². The predicted molar refractivity (Wildman–Crippen MR) is 83.4 cm³/mol. The van der Waals surface area contributed by atoms with Crippen molar-refractivity contribution in [2.24, 2.45) is 5.92 Å². The molecule has 0 aliphatic heterocycles. The number of rotatable bonds is 6. The zero-order valence-electron chi connectivity index (χ0n) is 12.5. The molecule has 0 heterocycles. The Bertz CT molecular complexity index is 532. The van der Waals surface area contributed by atoms with Gasteiger partial charge in [-0.15, -0.1) is 0 Å². The third-order valence-corrected chi connectivity index (χ3v) is 3.89. The Morgan fingerprint density at radius 2 is 1.90 bits per heavy atom. The second-order valence-electron chi connectivity index (χ2n) is 5.12. The van der Waals surface area contributed by atoms with E-state index in [9.17, 15) is 9.59 Å². The van der Waals surface area contributed by atoms with Gasteiger partial charge in [-0.25, -0.2) is 0 Å².